The van der Waals surface area contributed by atoms with E-state index < -0.39 is 5.97 Å². The first-order valence-electron chi connectivity index (χ1n) is 7.13. The third-order valence-electron chi connectivity index (χ3n) is 4.15. The van der Waals surface area contributed by atoms with Gasteiger partial charge in [0.15, 0.2) is 0 Å². The molecule has 20 heavy (non-hydrogen) atoms. The smallest absolute Gasteiger partial charge is 0.356 e. The summed E-state index contributed by atoms with van der Waals surface area (Å²) in [5.74, 6) is -0.689. The molecule has 0 saturated heterocycles. The van der Waals surface area contributed by atoms with Crippen LogP contribution in [0.4, 0.5) is 0 Å². The fourth-order valence-electron chi connectivity index (χ4n) is 2.52. The van der Waals surface area contributed by atoms with Crippen LogP contribution in [0.3, 0.4) is 0 Å². The highest BCUT2D eigenvalue weighted by molar-refractivity contribution is 6.42. The lowest BCUT2D eigenvalue weighted by Crippen LogP contribution is -2.41. The number of amides is 1. The van der Waals surface area contributed by atoms with Gasteiger partial charge < -0.3 is 9.64 Å². The molecule has 1 saturated carbocycles. The number of carbonyl (C=O) groups excluding carboxylic acids is 2. The van der Waals surface area contributed by atoms with Crippen molar-refractivity contribution in [3.8, 4) is 0 Å². The predicted octanol–water partition coefficient (Wildman–Crippen LogP) is 1.92. The molecule has 2 aliphatic rings. The average molecular weight is 278 g/mol. The van der Waals surface area contributed by atoms with E-state index in [4.69, 9.17) is 10.1 Å². The van der Waals surface area contributed by atoms with Crippen molar-refractivity contribution in [2.45, 2.75) is 40.0 Å². The number of nitrogens with zero attached hydrogens (tertiary/aromatic N) is 1. The molecule has 1 heterocycles. The molecule has 0 aromatic carbocycles. The van der Waals surface area contributed by atoms with Crippen LogP contribution in [0.1, 0.15) is 40.0 Å². The summed E-state index contributed by atoms with van der Waals surface area (Å²) < 4.78 is 4.84. The average Bonchev–Trinajstić information content (AvgIpc) is 3.13. The first-order valence-corrected chi connectivity index (χ1v) is 7.13. The Balaban J connectivity index is 2.10. The summed E-state index contributed by atoms with van der Waals surface area (Å²) in [5.41, 5.74) is 1.15. The Hall–Kier alpha value is -1.65. The molecule has 110 valence electrons. The Morgan fingerprint density at radius 3 is 2.65 bits per heavy atom. The number of rotatable bonds is 5. The molecule has 0 spiro atoms. The van der Waals surface area contributed by atoms with Gasteiger partial charge in [-0.05, 0) is 44.1 Å². The molecule has 0 unspecified atom stereocenters. The monoisotopic (exact) mass is 278 g/mol. The van der Waals surface area contributed by atoms with Crippen LogP contribution in [-0.2, 0) is 14.3 Å². The highest BCUT2D eigenvalue weighted by atomic mass is 16.5. The maximum Gasteiger partial charge on any atom is 0.356 e. The van der Waals surface area contributed by atoms with Crippen molar-refractivity contribution in [1.82, 2.24) is 4.90 Å². The highest BCUT2D eigenvalue weighted by Gasteiger charge is 2.41. The Morgan fingerprint density at radius 1 is 1.45 bits per heavy atom. The van der Waals surface area contributed by atoms with E-state index in [0.29, 0.717) is 24.1 Å². The lowest BCUT2D eigenvalue weighted by Gasteiger charge is -2.31. The van der Waals surface area contributed by atoms with Gasteiger partial charge in [0, 0.05) is 18.7 Å². The van der Waals surface area contributed by atoms with Crippen LogP contribution in [0, 0.1) is 10.8 Å². The van der Waals surface area contributed by atoms with E-state index >= 15 is 0 Å². The molecule has 1 aliphatic heterocycles. The zero-order valence-corrected chi connectivity index (χ0v) is 12.4. The lowest BCUT2D eigenvalue weighted by molar-refractivity contribution is -0.135. The Labute approximate surface area is 119 Å². The van der Waals surface area contributed by atoms with Gasteiger partial charge in [-0.25, -0.2) is 4.79 Å². The first-order chi connectivity index (χ1) is 9.38. The Kier molecular flexibility index (Phi) is 3.97. The molecule has 0 atom stereocenters. The quantitative estimate of drug-likeness (QED) is 0.617. The van der Waals surface area contributed by atoms with Gasteiger partial charge in [-0.1, -0.05) is 6.92 Å². The minimum absolute atomic E-state index is 0.0478. The first kappa shape index (κ1) is 14.8. The minimum atomic E-state index is -0.641. The van der Waals surface area contributed by atoms with Gasteiger partial charge in [0.2, 0.25) is 5.91 Å². The highest BCUT2D eigenvalue weighted by Crippen LogP contribution is 2.46. The molecular weight excluding hydrogens is 256 g/mol. The zero-order valence-electron chi connectivity index (χ0n) is 12.4. The van der Waals surface area contributed by atoms with E-state index in [9.17, 15) is 9.59 Å². The van der Waals surface area contributed by atoms with E-state index in [0.717, 1.165) is 6.54 Å². The molecule has 0 bridgehead atoms. The fraction of sp³-hybridized carbons (Fsp3) is 0.667. The SMILES string of the molecule is CCOC(=O)C(=N)C1=C(C)C(=O)N(CC2(C)CC2)CC1. The van der Waals surface area contributed by atoms with Gasteiger partial charge in [0.05, 0.1) is 6.61 Å². The summed E-state index contributed by atoms with van der Waals surface area (Å²) in [6.07, 6.45) is 2.90. The summed E-state index contributed by atoms with van der Waals surface area (Å²) in [6.45, 7) is 7.21. The summed E-state index contributed by atoms with van der Waals surface area (Å²) in [5, 5.41) is 7.87. The van der Waals surface area contributed by atoms with Crippen LogP contribution in [0.5, 0.6) is 0 Å². The number of nitrogens with one attached hydrogen (secondary N) is 1. The molecule has 1 amide bonds. The lowest BCUT2D eigenvalue weighted by atomic mass is 9.95. The van der Waals surface area contributed by atoms with Crippen molar-refractivity contribution in [3.63, 3.8) is 0 Å². The van der Waals surface area contributed by atoms with Crippen molar-refractivity contribution in [2.24, 2.45) is 5.41 Å². The van der Waals surface area contributed by atoms with E-state index in [-0.39, 0.29) is 23.6 Å². The van der Waals surface area contributed by atoms with Crippen molar-refractivity contribution in [3.05, 3.63) is 11.1 Å². The van der Waals surface area contributed by atoms with Gasteiger partial charge in [0.25, 0.3) is 0 Å². The third kappa shape index (κ3) is 2.92. The molecule has 0 aromatic rings. The van der Waals surface area contributed by atoms with E-state index in [1.165, 1.54) is 12.8 Å². The largest absolute Gasteiger partial charge is 0.461 e. The predicted molar refractivity (Wildman–Crippen MR) is 75.6 cm³/mol. The summed E-state index contributed by atoms with van der Waals surface area (Å²) in [6, 6.07) is 0. The number of hydrogen-bond donors (Lipinski definition) is 1. The molecule has 2 rings (SSSR count). The van der Waals surface area contributed by atoms with Gasteiger partial charge in [-0.2, -0.15) is 0 Å². The van der Waals surface area contributed by atoms with Crippen LogP contribution in [0.25, 0.3) is 0 Å². The second kappa shape index (κ2) is 5.38. The van der Waals surface area contributed by atoms with Gasteiger partial charge in [-0.3, -0.25) is 10.2 Å². The Morgan fingerprint density at radius 2 is 2.10 bits per heavy atom. The van der Waals surface area contributed by atoms with Gasteiger partial charge in [-0.15, -0.1) is 0 Å². The molecule has 1 fully saturated rings. The summed E-state index contributed by atoms with van der Waals surface area (Å²) >= 11 is 0. The molecule has 5 nitrogen and oxygen atoms in total. The van der Waals surface area contributed by atoms with E-state index in [1.807, 2.05) is 4.90 Å². The standard InChI is InChI=1S/C15H22N2O3/c1-4-20-14(19)12(16)11-5-8-17(13(18)10(11)2)9-15(3)6-7-15/h16H,4-9H2,1-3H3. The number of hydrogen-bond acceptors (Lipinski definition) is 4. The fourth-order valence-corrected chi connectivity index (χ4v) is 2.52. The van der Waals surface area contributed by atoms with Gasteiger partial charge >= 0.3 is 5.97 Å². The normalized spacial score (nSPS) is 20.9. The second-order valence-corrected chi connectivity index (χ2v) is 5.99. The number of esters is 1. The van der Waals surface area contributed by atoms with Crippen LogP contribution < -0.4 is 0 Å². The van der Waals surface area contributed by atoms with Crippen LogP contribution in [0.15, 0.2) is 11.1 Å². The van der Waals surface area contributed by atoms with Crippen molar-refractivity contribution >= 4 is 17.6 Å². The second-order valence-electron chi connectivity index (χ2n) is 5.99. The third-order valence-corrected chi connectivity index (χ3v) is 4.15. The minimum Gasteiger partial charge on any atom is -0.461 e. The summed E-state index contributed by atoms with van der Waals surface area (Å²) in [7, 11) is 0. The molecule has 0 radical (unpaired) electrons. The topological polar surface area (TPSA) is 70.5 Å². The number of ether oxygens (including phenoxy) is 1. The number of carbonyl (C=O) groups is 2. The molecule has 1 N–H and O–H groups in total. The Bertz CT molecular complexity index is 489. The van der Waals surface area contributed by atoms with Crippen molar-refractivity contribution in [1.29, 1.82) is 5.41 Å². The molecule has 5 heteroatoms. The molecule has 0 aromatic heterocycles. The van der Waals surface area contributed by atoms with Crippen molar-refractivity contribution in [2.75, 3.05) is 19.7 Å². The van der Waals surface area contributed by atoms with E-state index in [1.54, 1.807) is 13.8 Å². The molecule has 1 aliphatic carbocycles. The van der Waals surface area contributed by atoms with Crippen LogP contribution in [0.2, 0.25) is 0 Å². The maximum absolute atomic E-state index is 12.3. The van der Waals surface area contributed by atoms with Crippen LogP contribution >= 0.6 is 0 Å². The maximum atomic E-state index is 12.3. The van der Waals surface area contributed by atoms with Gasteiger partial charge in [0.1, 0.15) is 5.71 Å². The summed E-state index contributed by atoms with van der Waals surface area (Å²) in [4.78, 5) is 25.8. The van der Waals surface area contributed by atoms with E-state index in [2.05, 4.69) is 6.92 Å². The zero-order chi connectivity index (χ0) is 14.9. The molecular formula is C15H22N2O3. The van der Waals surface area contributed by atoms with Crippen LogP contribution in [-0.4, -0.2) is 42.2 Å². The van der Waals surface area contributed by atoms with Crippen molar-refractivity contribution < 1.29 is 14.3 Å².